The number of benzene rings is 2. The number of ether oxygens (including phenoxy) is 1. The van der Waals surface area contributed by atoms with Crippen LogP contribution in [0.5, 0.6) is 5.75 Å². The molecule has 7 nitrogen and oxygen atoms in total. The van der Waals surface area contributed by atoms with E-state index in [1.165, 1.54) is 0 Å². The smallest absolute Gasteiger partial charge is 0.224 e. The first-order valence-corrected chi connectivity index (χ1v) is 9.94. The highest BCUT2D eigenvalue weighted by molar-refractivity contribution is 9.10. The summed E-state index contributed by atoms with van der Waals surface area (Å²) in [5.74, 6) is 1.52. The van der Waals surface area contributed by atoms with E-state index in [1.807, 2.05) is 47.1 Å². The largest absolute Gasteiger partial charge is 0.496 e. The number of halogens is 1. The molecule has 1 aliphatic carbocycles. The minimum Gasteiger partial charge on any atom is -0.496 e. The van der Waals surface area contributed by atoms with Crippen LogP contribution in [0.1, 0.15) is 30.9 Å². The first-order chi connectivity index (χ1) is 13.6. The van der Waals surface area contributed by atoms with Crippen LogP contribution in [-0.2, 0) is 11.2 Å². The Hall–Kier alpha value is -2.74. The molecular weight excluding hydrogens is 422 g/mol. The van der Waals surface area contributed by atoms with Gasteiger partial charge < -0.3 is 10.1 Å². The van der Waals surface area contributed by atoms with Crippen molar-refractivity contribution in [3.05, 3.63) is 52.5 Å². The number of nitrogens with zero attached hydrogens (tertiary/aromatic N) is 4. The molecule has 1 saturated carbocycles. The van der Waals surface area contributed by atoms with E-state index in [0.717, 1.165) is 45.7 Å². The molecule has 3 aromatic rings. The van der Waals surface area contributed by atoms with E-state index in [4.69, 9.17) is 4.74 Å². The summed E-state index contributed by atoms with van der Waals surface area (Å²) < 4.78 is 7.99. The van der Waals surface area contributed by atoms with Crippen molar-refractivity contribution in [2.24, 2.45) is 0 Å². The molecule has 8 heteroatoms. The molecule has 0 aliphatic heterocycles. The number of aromatic nitrogens is 4. The minimum absolute atomic E-state index is 0.0255. The van der Waals surface area contributed by atoms with E-state index in [0.29, 0.717) is 18.9 Å². The third kappa shape index (κ3) is 4.22. The summed E-state index contributed by atoms with van der Waals surface area (Å²) in [6.45, 7) is 0. The van der Waals surface area contributed by atoms with E-state index in [1.54, 1.807) is 7.11 Å². The van der Waals surface area contributed by atoms with Gasteiger partial charge in [-0.2, -0.15) is 0 Å². The van der Waals surface area contributed by atoms with Crippen LogP contribution < -0.4 is 10.1 Å². The van der Waals surface area contributed by atoms with Crippen molar-refractivity contribution >= 4 is 27.5 Å². The van der Waals surface area contributed by atoms with Crippen LogP contribution >= 0.6 is 15.9 Å². The molecular formula is C20H20BrN5O2. The lowest BCUT2D eigenvalue weighted by molar-refractivity contribution is -0.116. The van der Waals surface area contributed by atoms with Crippen LogP contribution in [0.15, 0.2) is 46.9 Å². The molecule has 1 fully saturated rings. The molecule has 1 N–H and O–H groups in total. The lowest BCUT2D eigenvalue weighted by Crippen LogP contribution is -2.12. The maximum Gasteiger partial charge on any atom is 0.224 e. The highest BCUT2D eigenvalue weighted by atomic mass is 79.9. The number of nitrogens with one attached hydrogen (secondary N) is 1. The second kappa shape index (κ2) is 8.10. The van der Waals surface area contributed by atoms with Crippen molar-refractivity contribution in [3.8, 4) is 17.1 Å². The molecule has 0 spiro atoms. The monoisotopic (exact) mass is 441 g/mol. The number of methoxy groups -OCH3 is 1. The molecule has 4 rings (SSSR count). The van der Waals surface area contributed by atoms with Crippen LogP contribution in [0.25, 0.3) is 11.4 Å². The van der Waals surface area contributed by atoms with Gasteiger partial charge in [0.1, 0.15) is 5.75 Å². The van der Waals surface area contributed by atoms with Gasteiger partial charge in [-0.05, 0) is 87.6 Å². The number of amides is 1. The number of carbonyl (C=O) groups excluding carboxylic acids is 1. The van der Waals surface area contributed by atoms with E-state index >= 15 is 0 Å². The summed E-state index contributed by atoms with van der Waals surface area (Å²) in [6, 6.07) is 13.9. The second-order valence-electron chi connectivity index (χ2n) is 6.77. The third-order valence-corrected chi connectivity index (χ3v) is 5.29. The summed E-state index contributed by atoms with van der Waals surface area (Å²) in [6.07, 6.45) is 3.30. The number of hydrogen-bond donors (Lipinski definition) is 1. The molecule has 0 radical (unpaired) electrons. The fraction of sp³-hybridized carbons (Fsp3) is 0.300. The predicted octanol–water partition coefficient (Wildman–Crippen LogP) is 4.02. The van der Waals surface area contributed by atoms with Crippen LogP contribution in [0, 0.1) is 0 Å². The van der Waals surface area contributed by atoms with Crippen LogP contribution in [-0.4, -0.2) is 33.2 Å². The number of aryl methyl sites for hydroxylation is 1. The fourth-order valence-corrected chi connectivity index (χ4v) is 3.59. The zero-order valence-electron chi connectivity index (χ0n) is 15.4. The van der Waals surface area contributed by atoms with E-state index < -0.39 is 0 Å². The van der Waals surface area contributed by atoms with Crippen LogP contribution in [0.4, 0.5) is 5.69 Å². The molecule has 0 atom stereocenters. The zero-order chi connectivity index (χ0) is 19.5. The van der Waals surface area contributed by atoms with Gasteiger partial charge in [-0.15, -0.1) is 5.10 Å². The Kier molecular flexibility index (Phi) is 5.38. The maximum absolute atomic E-state index is 12.3. The lowest BCUT2D eigenvalue weighted by Gasteiger charge is -2.08. The molecule has 1 heterocycles. The highest BCUT2D eigenvalue weighted by Gasteiger charge is 2.28. The number of tetrazole rings is 1. The molecule has 0 bridgehead atoms. The van der Waals surface area contributed by atoms with Gasteiger partial charge in [0.05, 0.1) is 17.6 Å². The standard InChI is InChI=1S/C20H20BrN5O2/c1-28-18-10-2-13(12-17(18)21)3-11-19(27)22-15-6-4-14(5-7-15)20-23-24-25-26(20)16-8-9-16/h2,4-7,10,12,16H,3,8-9,11H2,1H3,(H,22,27). The quantitative estimate of drug-likeness (QED) is 0.598. The van der Waals surface area contributed by atoms with Gasteiger partial charge in [0.15, 0.2) is 5.82 Å². The first kappa shape index (κ1) is 18.6. The molecule has 1 aliphatic rings. The van der Waals surface area contributed by atoms with Gasteiger partial charge >= 0.3 is 0 Å². The van der Waals surface area contributed by atoms with Gasteiger partial charge in [0.2, 0.25) is 5.91 Å². The number of anilines is 1. The lowest BCUT2D eigenvalue weighted by atomic mass is 10.1. The SMILES string of the molecule is COc1ccc(CCC(=O)Nc2ccc(-c3nnnn3C3CC3)cc2)cc1Br. The van der Waals surface area contributed by atoms with Crippen molar-refractivity contribution in [3.63, 3.8) is 0 Å². The molecule has 0 saturated heterocycles. The molecule has 144 valence electrons. The molecule has 0 unspecified atom stereocenters. The van der Waals surface area contributed by atoms with Crippen molar-refractivity contribution in [1.29, 1.82) is 0 Å². The number of hydrogen-bond acceptors (Lipinski definition) is 5. The Labute approximate surface area is 171 Å². The number of rotatable bonds is 7. The van der Waals surface area contributed by atoms with Crippen molar-refractivity contribution in [1.82, 2.24) is 20.2 Å². The third-order valence-electron chi connectivity index (χ3n) is 4.67. The molecule has 1 aromatic heterocycles. The molecule has 2 aromatic carbocycles. The molecule has 28 heavy (non-hydrogen) atoms. The van der Waals surface area contributed by atoms with E-state index in [2.05, 4.69) is 36.8 Å². The minimum atomic E-state index is -0.0255. The average molecular weight is 442 g/mol. The van der Waals surface area contributed by atoms with Crippen LogP contribution in [0.2, 0.25) is 0 Å². The first-order valence-electron chi connectivity index (χ1n) is 9.14. The normalized spacial score (nSPS) is 13.4. The maximum atomic E-state index is 12.3. The Morgan fingerprint density at radius 3 is 2.71 bits per heavy atom. The Balaban J connectivity index is 1.34. The van der Waals surface area contributed by atoms with E-state index in [9.17, 15) is 4.79 Å². The summed E-state index contributed by atoms with van der Waals surface area (Å²) in [5, 5.41) is 14.9. The summed E-state index contributed by atoms with van der Waals surface area (Å²) in [4.78, 5) is 12.3. The van der Waals surface area contributed by atoms with Crippen molar-refractivity contribution < 1.29 is 9.53 Å². The van der Waals surface area contributed by atoms with Gasteiger partial charge in [0.25, 0.3) is 0 Å². The Morgan fingerprint density at radius 2 is 2.04 bits per heavy atom. The van der Waals surface area contributed by atoms with Gasteiger partial charge in [-0.3, -0.25) is 4.79 Å². The Bertz CT molecular complexity index is 983. The summed E-state index contributed by atoms with van der Waals surface area (Å²) in [7, 11) is 1.63. The predicted molar refractivity (Wildman–Crippen MR) is 109 cm³/mol. The summed E-state index contributed by atoms with van der Waals surface area (Å²) in [5.41, 5.74) is 2.78. The summed E-state index contributed by atoms with van der Waals surface area (Å²) >= 11 is 3.47. The zero-order valence-corrected chi connectivity index (χ0v) is 17.0. The topological polar surface area (TPSA) is 81.9 Å². The number of carbonyl (C=O) groups is 1. The van der Waals surface area contributed by atoms with Crippen molar-refractivity contribution in [2.75, 3.05) is 12.4 Å². The second-order valence-corrected chi connectivity index (χ2v) is 7.63. The van der Waals surface area contributed by atoms with Gasteiger partial charge in [0, 0.05) is 17.7 Å². The van der Waals surface area contributed by atoms with Crippen molar-refractivity contribution in [2.45, 2.75) is 31.7 Å². The van der Waals surface area contributed by atoms with Gasteiger partial charge in [-0.25, -0.2) is 4.68 Å². The van der Waals surface area contributed by atoms with Crippen LogP contribution in [0.3, 0.4) is 0 Å². The fourth-order valence-electron chi connectivity index (χ4n) is 3.00. The highest BCUT2D eigenvalue weighted by Crippen LogP contribution is 2.36. The van der Waals surface area contributed by atoms with Gasteiger partial charge in [-0.1, -0.05) is 6.07 Å². The average Bonchev–Trinajstić information content (AvgIpc) is 3.44. The van der Waals surface area contributed by atoms with E-state index in [-0.39, 0.29) is 5.91 Å². The Morgan fingerprint density at radius 1 is 1.25 bits per heavy atom. The molecule has 1 amide bonds.